The highest BCUT2D eigenvalue weighted by Crippen LogP contribution is 2.35. The van der Waals surface area contributed by atoms with E-state index in [1.165, 1.54) is 4.57 Å². The summed E-state index contributed by atoms with van der Waals surface area (Å²) in [6.45, 7) is 6.13. The number of nitrogens with one attached hydrogen (secondary N) is 1. The Hall–Kier alpha value is -3.67. The molecule has 0 unspecified atom stereocenters. The molecule has 6 heteroatoms. The molecule has 1 aliphatic carbocycles. The monoisotopic (exact) mass is 444 g/mol. The van der Waals surface area contributed by atoms with Crippen LogP contribution in [0.1, 0.15) is 57.7 Å². The molecule has 0 saturated heterocycles. The SMILES string of the molecule is COc1ccccc1CNC(=O)c1c2c(cn(-c3ccc(C)cc3)c1=O)C(=O)CC(C)(C)C2. The Kier molecular flexibility index (Phi) is 5.93. The van der Waals surface area contributed by atoms with Crippen LogP contribution in [0, 0.1) is 12.3 Å². The van der Waals surface area contributed by atoms with Crippen LogP contribution in [-0.4, -0.2) is 23.4 Å². The van der Waals surface area contributed by atoms with Crippen molar-refractivity contribution in [2.45, 2.75) is 40.2 Å². The van der Waals surface area contributed by atoms with Crippen molar-refractivity contribution in [1.82, 2.24) is 9.88 Å². The summed E-state index contributed by atoms with van der Waals surface area (Å²) in [6.07, 6.45) is 2.45. The second-order valence-corrected chi connectivity index (χ2v) is 9.34. The highest BCUT2D eigenvalue weighted by atomic mass is 16.5. The summed E-state index contributed by atoms with van der Waals surface area (Å²) < 4.78 is 6.77. The number of nitrogens with zero attached hydrogens (tertiary/aromatic N) is 1. The second kappa shape index (κ2) is 8.70. The molecule has 0 atom stereocenters. The van der Waals surface area contributed by atoms with Gasteiger partial charge >= 0.3 is 0 Å². The lowest BCUT2D eigenvalue weighted by Gasteiger charge is -2.31. The number of benzene rings is 2. The first-order chi connectivity index (χ1) is 15.7. The minimum absolute atomic E-state index is 0.0316. The van der Waals surface area contributed by atoms with Crippen LogP contribution >= 0.6 is 0 Å². The molecule has 0 saturated carbocycles. The Labute approximate surface area is 193 Å². The fraction of sp³-hybridized carbons (Fsp3) is 0.296. The van der Waals surface area contributed by atoms with E-state index in [2.05, 4.69) is 5.32 Å². The van der Waals surface area contributed by atoms with Crippen LogP contribution in [-0.2, 0) is 13.0 Å². The molecule has 1 aromatic heterocycles. The third-order valence-corrected chi connectivity index (χ3v) is 6.08. The van der Waals surface area contributed by atoms with Gasteiger partial charge in [-0.3, -0.25) is 19.0 Å². The molecule has 1 amide bonds. The van der Waals surface area contributed by atoms with Crippen LogP contribution in [0.3, 0.4) is 0 Å². The number of rotatable bonds is 5. The molecule has 4 rings (SSSR count). The third-order valence-electron chi connectivity index (χ3n) is 6.08. The average molecular weight is 445 g/mol. The van der Waals surface area contributed by atoms with Gasteiger partial charge in [-0.25, -0.2) is 0 Å². The Morgan fingerprint density at radius 1 is 1.06 bits per heavy atom. The van der Waals surface area contributed by atoms with Gasteiger partial charge in [-0.15, -0.1) is 0 Å². The van der Waals surface area contributed by atoms with Gasteiger partial charge in [0.25, 0.3) is 11.5 Å². The number of hydrogen-bond donors (Lipinski definition) is 1. The zero-order chi connectivity index (χ0) is 23.8. The molecule has 170 valence electrons. The normalized spacial score (nSPS) is 14.5. The number of ketones is 1. The average Bonchev–Trinajstić information content (AvgIpc) is 2.77. The number of amides is 1. The van der Waals surface area contributed by atoms with Crippen molar-refractivity contribution in [3.8, 4) is 11.4 Å². The Balaban J connectivity index is 1.81. The summed E-state index contributed by atoms with van der Waals surface area (Å²) in [5, 5.41) is 2.87. The largest absolute Gasteiger partial charge is 0.496 e. The molecule has 1 heterocycles. The van der Waals surface area contributed by atoms with Crippen molar-refractivity contribution in [2.24, 2.45) is 5.41 Å². The summed E-state index contributed by atoms with van der Waals surface area (Å²) in [4.78, 5) is 40.0. The summed E-state index contributed by atoms with van der Waals surface area (Å²) >= 11 is 0. The van der Waals surface area contributed by atoms with Crippen molar-refractivity contribution >= 4 is 11.7 Å². The zero-order valence-electron chi connectivity index (χ0n) is 19.4. The molecule has 6 nitrogen and oxygen atoms in total. The number of aromatic nitrogens is 1. The minimum atomic E-state index is -0.492. The molecule has 1 aliphatic rings. The number of Topliss-reactive ketones (excluding diaryl/α,β-unsaturated/α-hetero) is 1. The number of ether oxygens (including phenoxy) is 1. The number of carbonyl (C=O) groups excluding carboxylic acids is 2. The number of hydrogen-bond acceptors (Lipinski definition) is 4. The van der Waals surface area contributed by atoms with E-state index in [0.717, 1.165) is 11.1 Å². The van der Waals surface area contributed by atoms with Crippen LogP contribution in [0.4, 0.5) is 0 Å². The van der Waals surface area contributed by atoms with Gasteiger partial charge in [0.15, 0.2) is 5.78 Å². The number of aryl methyl sites for hydroxylation is 1. The third kappa shape index (κ3) is 4.46. The van der Waals surface area contributed by atoms with Crippen LogP contribution < -0.4 is 15.6 Å². The van der Waals surface area contributed by atoms with Gasteiger partial charge in [-0.05, 0) is 42.5 Å². The molecule has 0 aliphatic heterocycles. The molecule has 0 spiro atoms. The first-order valence-electron chi connectivity index (χ1n) is 11.0. The smallest absolute Gasteiger partial charge is 0.268 e. The molecule has 0 radical (unpaired) electrons. The van der Waals surface area contributed by atoms with Gasteiger partial charge < -0.3 is 10.1 Å². The molecule has 3 aromatic rings. The molecular formula is C27H28N2O4. The van der Waals surface area contributed by atoms with Crippen LogP contribution in [0.15, 0.2) is 59.5 Å². The standard InChI is InChI=1S/C27H28N2O4/c1-17-9-11-19(12-10-17)29-16-21-20(13-27(2,3)14-22(21)30)24(26(29)32)25(31)28-15-18-7-5-6-8-23(18)33-4/h5-12,16H,13-15H2,1-4H3,(H,28,31). The van der Waals surface area contributed by atoms with Gasteiger partial charge in [-0.1, -0.05) is 49.7 Å². The Bertz CT molecular complexity index is 1290. The van der Waals surface area contributed by atoms with E-state index < -0.39 is 11.5 Å². The molecular weight excluding hydrogens is 416 g/mol. The van der Waals surface area contributed by atoms with E-state index in [0.29, 0.717) is 35.4 Å². The van der Waals surface area contributed by atoms with E-state index in [9.17, 15) is 14.4 Å². The Morgan fingerprint density at radius 3 is 2.45 bits per heavy atom. The van der Waals surface area contributed by atoms with Gasteiger partial charge in [0.1, 0.15) is 11.3 Å². The summed E-state index contributed by atoms with van der Waals surface area (Å²) in [6, 6.07) is 14.8. The molecule has 0 bridgehead atoms. The molecule has 0 fully saturated rings. The van der Waals surface area contributed by atoms with Crippen molar-refractivity contribution in [1.29, 1.82) is 0 Å². The maximum atomic E-state index is 13.6. The lowest BCUT2D eigenvalue weighted by molar-refractivity contribution is 0.0909. The van der Waals surface area contributed by atoms with Gasteiger partial charge in [-0.2, -0.15) is 0 Å². The highest BCUT2D eigenvalue weighted by molar-refractivity contribution is 6.04. The van der Waals surface area contributed by atoms with E-state index in [1.54, 1.807) is 13.3 Å². The van der Waals surface area contributed by atoms with Gasteiger partial charge in [0.05, 0.1) is 7.11 Å². The summed E-state index contributed by atoms with van der Waals surface area (Å²) in [5.74, 6) is 0.108. The Morgan fingerprint density at radius 2 is 1.76 bits per heavy atom. The predicted octanol–water partition coefficient (Wildman–Crippen LogP) is 4.24. The van der Waals surface area contributed by atoms with Crippen molar-refractivity contribution in [3.05, 3.63) is 92.9 Å². The second-order valence-electron chi connectivity index (χ2n) is 9.34. The molecule has 33 heavy (non-hydrogen) atoms. The molecule has 2 aromatic carbocycles. The number of para-hydroxylation sites is 1. The van der Waals surface area contributed by atoms with Crippen LogP contribution in [0.25, 0.3) is 5.69 Å². The maximum Gasteiger partial charge on any atom is 0.268 e. The predicted molar refractivity (Wildman–Crippen MR) is 127 cm³/mol. The fourth-order valence-electron chi connectivity index (χ4n) is 4.39. The maximum absolute atomic E-state index is 13.6. The lowest BCUT2D eigenvalue weighted by atomic mass is 9.73. The quantitative estimate of drug-likeness (QED) is 0.639. The van der Waals surface area contributed by atoms with Gasteiger partial charge in [0.2, 0.25) is 0 Å². The number of pyridine rings is 1. The summed E-state index contributed by atoms with van der Waals surface area (Å²) in [5.41, 5.74) is 2.71. The van der Waals surface area contributed by atoms with Gasteiger partial charge in [0, 0.05) is 36.0 Å². The van der Waals surface area contributed by atoms with Crippen LogP contribution in [0.5, 0.6) is 5.75 Å². The minimum Gasteiger partial charge on any atom is -0.496 e. The lowest BCUT2D eigenvalue weighted by Crippen LogP contribution is -2.38. The van der Waals surface area contributed by atoms with E-state index in [-0.39, 0.29) is 23.3 Å². The fourth-order valence-corrected chi connectivity index (χ4v) is 4.39. The first-order valence-corrected chi connectivity index (χ1v) is 11.0. The highest BCUT2D eigenvalue weighted by Gasteiger charge is 2.36. The number of methoxy groups -OCH3 is 1. The van der Waals surface area contributed by atoms with E-state index >= 15 is 0 Å². The van der Waals surface area contributed by atoms with Crippen molar-refractivity contribution in [2.75, 3.05) is 7.11 Å². The van der Waals surface area contributed by atoms with E-state index in [1.807, 2.05) is 69.3 Å². The summed E-state index contributed by atoms with van der Waals surface area (Å²) in [7, 11) is 1.57. The topological polar surface area (TPSA) is 77.4 Å². The van der Waals surface area contributed by atoms with Crippen molar-refractivity contribution in [3.63, 3.8) is 0 Å². The van der Waals surface area contributed by atoms with E-state index in [4.69, 9.17) is 4.74 Å². The molecule has 1 N–H and O–H groups in total. The zero-order valence-corrected chi connectivity index (χ0v) is 19.4. The number of fused-ring (bicyclic) bond motifs is 1. The number of carbonyl (C=O) groups is 2. The van der Waals surface area contributed by atoms with Crippen molar-refractivity contribution < 1.29 is 14.3 Å². The first kappa shape index (κ1) is 22.5. The van der Waals surface area contributed by atoms with Crippen LogP contribution in [0.2, 0.25) is 0 Å².